The zero-order valence-corrected chi connectivity index (χ0v) is 12.7. The largest absolute Gasteiger partial charge is 0.494 e. The van der Waals surface area contributed by atoms with Gasteiger partial charge in [-0.15, -0.1) is 0 Å². The lowest BCUT2D eigenvalue weighted by Crippen LogP contribution is -2.23. The van der Waals surface area contributed by atoms with E-state index in [0.29, 0.717) is 13.2 Å². The second-order valence-corrected chi connectivity index (χ2v) is 5.50. The fraction of sp³-hybridized carbons (Fsp3) is 0.647. The lowest BCUT2D eigenvalue weighted by molar-refractivity contribution is 0.0837. The van der Waals surface area contributed by atoms with Crippen molar-refractivity contribution in [3.05, 3.63) is 29.8 Å². The smallest absolute Gasteiger partial charge is 0.124 e. The predicted molar refractivity (Wildman–Crippen MR) is 82.2 cm³/mol. The van der Waals surface area contributed by atoms with E-state index in [9.17, 15) is 0 Å². The van der Waals surface area contributed by atoms with Crippen molar-refractivity contribution >= 4 is 0 Å². The van der Waals surface area contributed by atoms with E-state index >= 15 is 0 Å². The zero-order chi connectivity index (χ0) is 14.2. The van der Waals surface area contributed by atoms with Gasteiger partial charge in [0.05, 0.1) is 19.3 Å². The van der Waals surface area contributed by atoms with Crippen molar-refractivity contribution in [1.29, 1.82) is 0 Å². The summed E-state index contributed by atoms with van der Waals surface area (Å²) >= 11 is 0. The van der Waals surface area contributed by atoms with Gasteiger partial charge >= 0.3 is 0 Å². The van der Waals surface area contributed by atoms with Crippen LogP contribution in [-0.4, -0.2) is 26.9 Å². The lowest BCUT2D eigenvalue weighted by atomic mass is 10.1. The van der Waals surface area contributed by atoms with Crippen LogP contribution in [0.3, 0.4) is 0 Å². The molecular formula is C17H27NO2. The van der Waals surface area contributed by atoms with E-state index in [2.05, 4.69) is 17.4 Å². The predicted octanol–water partition coefficient (Wildman–Crippen LogP) is 3.55. The Labute approximate surface area is 122 Å². The van der Waals surface area contributed by atoms with Crippen LogP contribution in [0, 0.1) is 5.92 Å². The normalized spacial score (nSPS) is 17.3. The van der Waals surface area contributed by atoms with Crippen LogP contribution in [0.2, 0.25) is 0 Å². The van der Waals surface area contributed by atoms with Crippen LogP contribution in [0.25, 0.3) is 0 Å². The maximum absolute atomic E-state index is 5.94. The summed E-state index contributed by atoms with van der Waals surface area (Å²) < 4.78 is 11.6. The van der Waals surface area contributed by atoms with E-state index in [4.69, 9.17) is 9.47 Å². The molecule has 112 valence electrons. The molecule has 1 aliphatic carbocycles. The molecule has 20 heavy (non-hydrogen) atoms. The average Bonchev–Trinajstić information content (AvgIpc) is 2.98. The van der Waals surface area contributed by atoms with Gasteiger partial charge in [-0.05, 0) is 38.8 Å². The highest BCUT2D eigenvalue weighted by Gasteiger charge is 2.18. The Bertz CT molecular complexity index is 388. The molecule has 1 fully saturated rings. The quantitative estimate of drug-likeness (QED) is 0.788. The molecule has 3 nitrogen and oxygen atoms in total. The van der Waals surface area contributed by atoms with E-state index in [1.165, 1.54) is 31.2 Å². The molecule has 1 aliphatic rings. The number of para-hydroxylation sites is 1. The molecule has 1 unspecified atom stereocenters. The van der Waals surface area contributed by atoms with Crippen molar-refractivity contribution in [2.24, 2.45) is 5.92 Å². The van der Waals surface area contributed by atoms with E-state index in [1.807, 2.05) is 26.1 Å². The molecular weight excluding hydrogens is 250 g/mol. The number of ether oxygens (including phenoxy) is 2. The Kier molecular flexibility index (Phi) is 6.34. The van der Waals surface area contributed by atoms with Crippen LogP contribution >= 0.6 is 0 Å². The topological polar surface area (TPSA) is 30.5 Å². The van der Waals surface area contributed by atoms with Crippen molar-refractivity contribution in [3.63, 3.8) is 0 Å². The molecule has 0 heterocycles. The van der Waals surface area contributed by atoms with Gasteiger partial charge in [0.2, 0.25) is 0 Å². The first-order valence-corrected chi connectivity index (χ1v) is 7.81. The van der Waals surface area contributed by atoms with Crippen LogP contribution in [0.4, 0.5) is 0 Å². The van der Waals surface area contributed by atoms with Gasteiger partial charge in [-0.25, -0.2) is 0 Å². The Hall–Kier alpha value is -1.06. The summed E-state index contributed by atoms with van der Waals surface area (Å²) in [5, 5.41) is 3.34. The van der Waals surface area contributed by atoms with E-state index < -0.39 is 0 Å². The molecule has 1 aromatic carbocycles. The van der Waals surface area contributed by atoms with Gasteiger partial charge in [0.25, 0.3) is 0 Å². The van der Waals surface area contributed by atoms with Gasteiger partial charge in [0.15, 0.2) is 0 Å². The molecule has 0 radical (unpaired) electrons. The Morgan fingerprint density at radius 3 is 2.70 bits per heavy atom. The highest BCUT2D eigenvalue weighted by Crippen LogP contribution is 2.27. The summed E-state index contributed by atoms with van der Waals surface area (Å²) in [6.07, 6.45) is 5.41. The van der Waals surface area contributed by atoms with E-state index in [1.54, 1.807) is 0 Å². The molecule has 0 amide bonds. The van der Waals surface area contributed by atoms with Crippen molar-refractivity contribution < 1.29 is 9.47 Å². The first-order valence-electron chi connectivity index (χ1n) is 7.81. The number of hydrogen-bond donors (Lipinski definition) is 1. The van der Waals surface area contributed by atoms with Crippen molar-refractivity contribution in [1.82, 2.24) is 5.32 Å². The Morgan fingerprint density at radius 1 is 1.25 bits per heavy atom. The molecule has 0 spiro atoms. The minimum atomic E-state index is 0.194. The summed E-state index contributed by atoms with van der Waals surface area (Å²) in [5.74, 6) is 1.73. The van der Waals surface area contributed by atoms with Gasteiger partial charge in [-0.3, -0.25) is 0 Å². The van der Waals surface area contributed by atoms with Gasteiger partial charge < -0.3 is 14.8 Å². The molecule has 1 N–H and O–H groups in total. The monoisotopic (exact) mass is 277 g/mol. The second kappa shape index (κ2) is 8.28. The van der Waals surface area contributed by atoms with Crippen LogP contribution in [0.15, 0.2) is 24.3 Å². The first-order chi connectivity index (χ1) is 9.85. The molecule has 1 saturated carbocycles. The van der Waals surface area contributed by atoms with Crippen molar-refractivity contribution in [2.45, 2.75) is 38.6 Å². The minimum Gasteiger partial charge on any atom is -0.494 e. The van der Waals surface area contributed by atoms with Crippen molar-refractivity contribution in [3.8, 4) is 5.75 Å². The maximum Gasteiger partial charge on any atom is 0.124 e. The summed E-state index contributed by atoms with van der Waals surface area (Å²) in [6, 6.07) is 8.41. The third-order valence-electron chi connectivity index (χ3n) is 4.06. The van der Waals surface area contributed by atoms with Gasteiger partial charge in [0.1, 0.15) is 5.75 Å². The summed E-state index contributed by atoms with van der Waals surface area (Å²) in [6.45, 7) is 4.31. The molecule has 0 aliphatic heterocycles. The number of rotatable bonds is 8. The third kappa shape index (κ3) is 4.22. The molecule has 1 aromatic rings. The molecule has 2 rings (SSSR count). The first kappa shape index (κ1) is 15.3. The van der Waals surface area contributed by atoms with E-state index in [0.717, 1.165) is 18.3 Å². The Morgan fingerprint density at radius 2 is 2.00 bits per heavy atom. The fourth-order valence-electron chi connectivity index (χ4n) is 2.91. The maximum atomic E-state index is 5.94. The van der Waals surface area contributed by atoms with Gasteiger partial charge in [-0.2, -0.15) is 0 Å². The number of benzene rings is 1. The Balaban J connectivity index is 1.89. The van der Waals surface area contributed by atoms with Gasteiger partial charge in [0, 0.05) is 12.2 Å². The molecule has 0 saturated heterocycles. The number of likely N-dealkylation sites (N-methyl/N-ethyl adjacent to an activating group) is 1. The summed E-state index contributed by atoms with van der Waals surface area (Å²) in [7, 11) is 1.98. The van der Waals surface area contributed by atoms with Gasteiger partial charge in [-0.1, -0.05) is 31.0 Å². The van der Waals surface area contributed by atoms with Crippen LogP contribution < -0.4 is 10.1 Å². The molecule has 0 aromatic heterocycles. The minimum absolute atomic E-state index is 0.194. The molecule has 3 heteroatoms. The summed E-state index contributed by atoms with van der Waals surface area (Å²) in [5.41, 5.74) is 1.18. The standard InChI is InChI=1S/C17H27NO2/c1-3-20-17-11-7-6-10-15(17)16(18-2)13-19-12-14-8-4-5-9-14/h6-7,10-11,14,16,18H,3-5,8-9,12-13H2,1-2H3. The lowest BCUT2D eigenvalue weighted by Gasteiger charge is -2.21. The van der Waals surface area contributed by atoms with Crippen LogP contribution in [0.5, 0.6) is 5.75 Å². The summed E-state index contributed by atoms with van der Waals surface area (Å²) in [4.78, 5) is 0. The van der Waals surface area contributed by atoms with Crippen LogP contribution in [-0.2, 0) is 4.74 Å². The van der Waals surface area contributed by atoms with Crippen molar-refractivity contribution in [2.75, 3.05) is 26.9 Å². The van der Waals surface area contributed by atoms with Crippen LogP contribution in [0.1, 0.15) is 44.2 Å². The highest BCUT2D eigenvalue weighted by molar-refractivity contribution is 5.36. The third-order valence-corrected chi connectivity index (χ3v) is 4.06. The second-order valence-electron chi connectivity index (χ2n) is 5.50. The molecule has 0 bridgehead atoms. The average molecular weight is 277 g/mol. The fourth-order valence-corrected chi connectivity index (χ4v) is 2.91. The van der Waals surface area contributed by atoms with E-state index in [-0.39, 0.29) is 6.04 Å². The molecule has 1 atom stereocenters. The SMILES string of the molecule is CCOc1ccccc1C(COCC1CCCC1)NC. The number of nitrogens with one attached hydrogen (secondary N) is 1. The zero-order valence-electron chi connectivity index (χ0n) is 12.7. The number of hydrogen-bond acceptors (Lipinski definition) is 3. The highest BCUT2D eigenvalue weighted by atomic mass is 16.5.